The van der Waals surface area contributed by atoms with E-state index >= 15 is 0 Å². The summed E-state index contributed by atoms with van der Waals surface area (Å²) in [7, 11) is 1.64. The molecule has 4 nitrogen and oxygen atoms in total. The van der Waals surface area contributed by atoms with Gasteiger partial charge in [0.1, 0.15) is 11.4 Å². The van der Waals surface area contributed by atoms with Crippen LogP contribution in [-0.2, 0) is 0 Å². The van der Waals surface area contributed by atoms with Gasteiger partial charge in [0.25, 0.3) is 5.91 Å². The van der Waals surface area contributed by atoms with Crippen molar-refractivity contribution in [2.45, 2.75) is 32.1 Å². The predicted octanol–water partition coefficient (Wildman–Crippen LogP) is 3.80. The maximum atomic E-state index is 12.3. The predicted molar refractivity (Wildman–Crippen MR) is 88.4 cm³/mol. The van der Waals surface area contributed by atoms with Gasteiger partial charge in [-0.2, -0.15) is 0 Å². The number of carbonyl (C=O) groups excluding carboxylic acids is 1. The molecule has 0 fully saturated rings. The van der Waals surface area contributed by atoms with Gasteiger partial charge in [0.15, 0.2) is 0 Å². The zero-order chi connectivity index (χ0) is 15.4. The number of hydrogen-bond donors (Lipinski definition) is 2. The van der Waals surface area contributed by atoms with Crippen LogP contribution < -0.4 is 10.1 Å². The first-order valence-electron chi connectivity index (χ1n) is 7.90. The maximum absolute atomic E-state index is 12.3. The standard InChI is InChI=1S/C18H22N2O2/c1-22-17-9-5-8-15-14(17)12-16(20-15)18(21)19-11-10-13-6-3-2-4-7-13/h5-6,8-9,12,20H,2-4,7,10-11H2,1H3,(H,19,21). The van der Waals surface area contributed by atoms with Crippen molar-refractivity contribution in [2.75, 3.05) is 13.7 Å². The fourth-order valence-corrected chi connectivity index (χ4v) is 2.99. The van der Waals surface area contributed by atoms with E-state index < -0.39 is 0 Å². The number of nitrogens with one attached hydrogen (secondary N) is 2. The summed E-state index contributed by atoms with van der Waals surface area (Å²) in [5, 5.41) is 3.93. The van der Waals surface area contributed by atoms with E-state index in [1.54, 1.807) is 7.11 Å². The molecule has 4 heteroatoms. The smallest absolute Gasteiger partial charge is 0.267 e. The normalized spacial score (nSPS) is 14.7. The molecular weight excluding hydrogens is 276 g/mol. The monoisotopic (exact) mass is 298 g/mol. The number of aromatic amines is 1. The van der Waals surface area contributed by atoms with Crippen molar-refractivity contribution in [3.63, 3.8) is 0 Å². The molecule has 0 saturated heterocycles. The second-order valence-electron chi connectivity index (χ2n) is 5.72. The summed E-state index contributed by atoms with van der Waals surface area (Å²) in [6.07, 6.45) is 8.22. The molecule has 1 aromatic heterocycles. The summed E-state index contributed by atoms with van der Waals surface area (Å²) in [5.74, 6) is 0.717. The minimum Gasteiger partial charge on any atom is -0.496 e. The summed E-state index contributed by atoms with van der Waals surface area (Å²) >= 11 is 0. The van der Waals surface area contributed by atoms with Crippen LogP contribution in [0.2, 0.25) is 0 Å². The molecule has 3 rings (SSSR count). The molecule has 1 amide bonds. The minimum atomic E-state index is -0.0605. The first-order chi connectivity index (χ1) is 10.8. The van der Waals surface area contributed by atoms with E-state index in [1.807, 2.05) is 24.3 Å². The van der Waals surface area contributed by atoms with E-state index in [0.29, 0.717) is 12.2 Å². The van der Waals surface area contributed by atoms with Crippen molar-refractivity contribution >= 4 is 16.8 Å². The minimum absolute atomic E-state index is 0.0605. The number of H-pyrrole nitrogens is 1. The Bertz CT molecular complexity index is 700. The van der Waals surface area contributed by atoms with E-state index in [-0.39, 0.29) is 5.91 Å². The topological polar surface area (TPSA) is 54.1 Å². The molecule has 2 aromatic rings. The fourth-order valence-electron chi connectivity index (χ4n) is 2.99. The summed E-state index contributed by atoms with van der Waals surface area (Å²) < 4.78 is 5.32. The molecular formula is C18H22N2O2. The van der Waals surface area contributed by atoms with Gasteiger partial charge in [-0.25, -0.2) is 0 Å². The van der Waals surface area contributed by atoms with E-state index in [0.717, 1.165) is 23.1 Å². The number of allylic oxidation sites excluding steroid dienone is 1. The van der Waals surface area contributed by atoms with Crippen molar-refractivity contribution < 1.29 is 9.53 Å². The van der Waals surface area contributed by atoms with Crippen LogP contribution in [0.5, 0.6) is 5.75 Å². The lowest BCUT2D eigenvalue weighted by Crippen LogP contribution is -2.25. The first kappa shape index (κ1) is 14.7. The second kappa shape index (κ2) is 6.69. The van der Waals surface area contributed by atoms with Crippen LogP contribution in [0.25, 0.3) is 10.9 Å². The van der Waals surface area contributed by atoms with Crippen molar-refractivity contribution in [3.8, 4) is 5.75 Å². The van der Waals surface area contributed by atoms with Crippen LogP contribution in [0, 0.1) is 0 Å². The molecule has 0 radical (unpaired) electrons. The lowest BCUT2D eigenvalue weighted by Gasteiger charge is -2.12. The third kappa shape index (κ3) is 3.16. The largest absolute Gasteiger partial charge is 0.496 e. The van der Waals surface area contributed by atoms with Gasteiger partial charge >= 0.3 is 0 Å². The number of ether oxygens (including phenoxy) is 1. The van der Waals surface area contributed by atoms with Crippen LogP contribution in [0.1, 0.15) is 42.6 Å². The number of benzene rings is 1. The summed E-state index contributed by atoms with van der Waals surface area (Å²) in [4.78, 5) is 15.4. The number of methoxy groups -OCH3 is 1. The lowest BCUT2D eigenvalue weighted by molar-refractivity contribution is 0.0950. The van der Waals surface area contributed by atoms with Crippen LogP contribution in [0.4, 0.5) is 0 Å². The highest BCUT2D eigenvalue weighted by molar-refractivity contribution is 5.99. The number of aromatic nitrogens is 1. The summed E-state index contributed by atoms with van der Waals surface area (Å²) in [6.45, 7) is 0.692. The van der Waals surface area contributed by atoms with Gasteiger partial charge in [-0.05, 0) is 50.3 Å². The number of fused-ring (bicyclic) bond motifs is 1. The Morgan fingerprint density at radius 1 is 1.36 bits per heavy atom. The number of carbonyl (C=O) groups is 1. The van der Waals surface area contributed by atoms with Gasteiger partial charge in [-0.15, -0.1) is 0 Å². The molecule has 0 aliphatic heterocycles. The van der Waals surface area contributed by atoms with Crippen molar-refractivity contribution in [2.24, 2.45) is 0 Å². The number of rotatable bonds is 5. The van der Waals surface area contributed by atoms with E-state index in [9.17, 15) is 4.79 Å². The Hall–Kier alpha value is -2.23. The Balaban J connectivity index is 1.63. The molecule has 0 unspecified atom stereocenters. The zero-order valence-corrected chi connectivity index (χ0v) is 12.9. The van der Waals surface area contributed by atoms with Crippen LogP contribution >= 0.6 is 0 Å². The molecule has 116 valence electrons. The van der Waals surface area contributed by atoms with Crippen molar-refractivity contribution in [1.29, 1.82) is 0 Å². The molecule has 2 N–H and O–H groups in total. The van der Waals surface area contributed by atoms with Crippen LogP contribution in [-0.4, -0.2) is 24.5 Å². The highest BCUT2D eigenvalue weighted by Gasteiger charge is 2.12. The van der Waals surface area contributed by atoms with E-state index in [2.05, 4.69) is 16.4 Å². The zero-order valence-electron chi connectivity index (χ0n) is 12.9. The Labute approximate surface area is 130 Å². The Kier molecular flexibility index (Phi) is 4.47. The van der Waals surface area contributed by atoms with Crippen LogP contribution in [0.3, 0.4) is 0 Å². The Morgan fingerprint density at radius 2 is 2.27 bits per heavy atom. The van der Waals surface area contributed by atoms with Gasteiger partial charge in [-0.3, -0.25) is 4.79 Å². The van der Waals surface area contributed by atoms with Gasteiger partial charge < -0.3 is 15.0 Å². The fraction of sp³-hybridized carbons (Fsp3) is 0.389. The SMILES string of the molecule is COc1cccc2[nH]c(C(=O)NCCC3=CCCCC3)cc12. The lowest BCUT2D eigenvalue weighted by atomic mass is 9.97. The van der Waals surface area contributed by atoms with E-state index in [4.69, 9.17) is 4.74 Å². The quantitative estimate of drug-likeness (QED) is 0.825. The average molecular weight is 298 g/mol. The molecule has 1 heterocycles. The summed E-state index contributed by atoms with van der Waals surface area (Å²) in [5.41, 5.74) is 2.97. The molecule has 1 aliphatic rings. The molecule has 1 aromatic carbocycles. The third-order valence-corrected chi connectivity index (χ3v) is 4.21. The first-order valence-corrected chi connectivity index (χ1v) is 7.90. The number of hydrogen-bond acceptors (Lipinski definition) is 2. The van der Waals surface area contributed by atoms with Crippen molar-refractivity contribution in [3.05, 3.63) is 41.6 Å². The molecule has 1 aliphatic carbocycles. The van der Waals surface area contributed by atoms with Gasteiger partial charge in [0, 0.05) is 17.4 Å². The average Bonchev–Trinajstić information content (AvgIpc) is 3.00. The molecule has 0 saturated carbocycles. The van der Waals surface area contributed by atoms with Crippen LogP contribution in [0.15, 0.2) is 35.9 Å². The molecule has 0 bridgehead atoms. The maximum Gasteiger partial charge on any atom is 0.267 e. The van der Waals surface area contributed by atoms with Gasteiger partial charge in [-0.1, -0.05) is 17.7 Å². The Morgan fingerprint density at radius 3 is 3.05 bits per heavy atom. The van der Waals surface area contributed by atoms with Gasteiger partial charge in [0.2, 0.25) is 0 Å². The highest BCUT2D eigenvalue weighted by atomic mass is 16.5. The highest BCUT2D eigenvalue weighted by Crippen LogP contribution is 2.26. The molecule has 0 atom stereocenters. The number of amides is 1. The van der Waals surface area contributed by atoms with Crippen molar-refractivity contribution in [1.82, 2.24) is 10.3 Å². The third-order valence-electron chi connectivity index (χ3n) is 4.21. The van der Waals surface area contributed by atoms with E-state index in [1.165, 1.54) is 31.3 Å². The summed E-state index contributed by atoms with van der Waals surface area (Å²) in [6, 6.07) is 7.60. The molecule has 22 heavy (non-hydrogen) atoms. The molecule has 0 spiro atoms. The van der Waals surface area contributed by atoms with Gasteiger partial charge in [0.05, 0.1) is 7.11 Å². The second-order valence-corrected chi connectivity index (χ2v) is 5.72.